The number of rotatable bonds is 5. The number of benzene rings is 1. The van der Waals surface area contributed by atoms with Crippen LogP contribution in [0.1, 0.15) is 32.6 Å². The second kappa shape index (κ2) is 8.48. The Bertz CT molecular complexity index is 644. The van der Waals surface area contributed by atoms with Crippen molar-refractivity contribution in [2.45, 2.75) is 32.6 Å². The van der Waals surface area contributed by atoms with Crippen LogP contribution in [0.2, 0.25) is 0 Å². The molecule has 0 bridgehead atoms. The van der Waals surface area contributed by atoms with Crippen molar-refractivity contribution in [1.29, 1.82) is 0 Å². The van der Waals surface area contributed by atoms with E-state index in [1.165, 1.54) is 30.9 Å². The summed E-state index contributed by atoms with van der Waals surface area (Å²) in [5.41, 5.74) is 2.33. The van der Waals surface area contributed by atoms with E-state index in [1.54, 1.807) is 0 Å². The van der Waals surface area contributed by atoms with E-state index in [0.717, 1.165) is 31.7 Å². The third-order valence-electron chi connectivity index (χ3n) is 4.40. The number of aromatic nitrogens is 1. The molecule has 2 heterocycles. The van der Waals surface area contributed by atoms with Gasteiger partial charge in [0.15, 0.2) is 0 Å². The van der Waals surface area contributed by atoms with Crippen molar-refractivity contribution in [1.82, 2.24) is 4.98 Å². The van der Waals surface area contributed by atoms with E-state index in [1.807, 2.05) is 12.4 Å². The monoisotopic (exact) mass is 323 g/mol. The molecule has 2 aromatic rings. The molecule has 1 N–H and O–H groups in total. The molecule has 0 amide bonds. The Morgan fingerprint density at radius 2 is 1.79 bits per heavy atom. The van der Waals surface area contributed by atoms with Crippen molar-refractivity contribution in [3.05, 3.63) is 54.9 Å². The maximum absolute atomic E-state index is 4.18. The molecule has 1 aliphatic heterocycles. The first kappa shape index (κ1) is 16.5. The standard InChI is InChI=1S/C20H26N4/c1-2-3-17-24(19-11-13-21-14-12-19)20(23-15-7-8-16-23)22-18-9-5-4-6-10-18/h4-6,9-14H,2-3,7-8,15-17H2,1H3/p+1. The zero-order valence-corrected chi connectivity index (χ0v) is 14.5. The van der Waals surface area contributed by atoms with Crippen molar-refractivity contribution < 1.29 is 4.58 Å². The van der Waals surface area contributed by atoms with Crippen LogP contribution in [0, 0.1) is 0 Å². The number of anilines is 2. The van der Waals surface area contributed by atoms with Crippen LogP contribution in [-0.2, 0) is 0 Å². The number of pyridine rings is 1. The van der Waals surface area contributed by atoms with Gasteiger partial charge in [0.25, 0.3) is 0 Å². The van der Waals surface area contributed by atoms with Crippen molar-refractivity contribution in [2.24, 2.45) is 0 Å². The van der Waals surface area contributed by atoms with E-state index in [0.29, 0.717) is 0 Å². The molecule has 1 saturated heterocycles. The van der Waals surface area contributed by atoms with Gasteiger partial charge < -0.3 is 0 Å². The average Bonchev–Trinajstić information content (AvgIpc) is 3.17. The first-order valence-corrected chi connectivity index (χ1v) is 9.00. The SMILES string of the molecule is CCCCN(C(Nc1ccccc1)=[N+]1CCCC1)c1ccncc1. The zero-order chi connectivity index (χ0) is 16.6. The highest BCUT2D eigenvalue weighted by molar-refractivity contribution is 6.02. The van der Waals surface area contributed by atoms with Crippen LogP contribution in [0.15, 0.2) is 54.9 Å². The molecule has 1 fully saturated rings. The van der Waals surface area contributed by atoms with Gasteiger partial charge in [-0.2, -0.15) is 0 Å². The number of hydrogen-bond donors (Lipinski definition) is 1. The molecule has 4 nitrogen and oxygen atoms in total. The maximum Gasteiger partial charge on any atom is 0.358 e. The summed E-state index contributed by atoms with van der Waals surface area (Å²) < 4.78 is 2.48. The highest BCUT2D eigenvalue weighted by Crippen LogP contribution is 2.17. The van der Waals surface area contributed by atoms with Crippen LogP contribution in [0.25, 0.3) is 0 Å². The molecule has 1 aliphatic rings. The highest BCUT2D eigenvalue weighted by Gasteiger charge is 2.26. The van der Waals surface area contributed by atoms with Crippen molar-refractivity contribution in [3.8, 4) is 0 Å². The summed E-state index contributed by atoms with van der Waals surface area (Å²) in [6, 6.07) is 14.6. The summed E-state index contributed by atoms with van der Waals surface area (Å²) in [5, 5.41) is 3.68. The smallest absolute Gasteiger partial charge is 0.264 e. The summed E-state index contributed by atoms with van der Waals surface area (Å²) in [4.78, 5) is 6.59. The first-order valence-electron chi connectivity index (χ1n) is 9.00. The maximum atomic E-state index is 4.18. The fraction of sp³-hybridized carbons (Fsp3) is 0.400. The van der Waals surface area contributed by atoms with Crippen LogP contribution in [0.3, 0.4) is 0 Å². The fourth-order valence-electron chi connectivity index (χ4n) is 3.09. The van der Waals surface area contributed by atoms with Gasteiger partial charge in [-0.1, -0.05) is 31.5 Å². The molecule has 3 rings (SSSR count). The number of unbranched alkanes of at least 4 members (excludes halogenated alkanes) is 1. The molecule has 1 aromatic heterocycles. The molecular weight excluding hydrogens is 296 g/mol. The van der Waals surface area contributed by atoms with Gasteiger partial charge in [0, 0.05) is 12.4 Å². The molecule has 0 spiro atoms. The van der Waals surface area contributed by atoms with Crippen LogP contribution in [0.4, 0.5) is 11.4 Å². The Morgan fingerprint density at radius 1 is 1.08 bits per heavy atom. The van der Waals surface area contributed by atoms with Gasteiger partial charge in [-0.25, -0.2) is 10.2 Å². The molecule has 0 radical (unpaired) electrons. The minimum absolute atomic E-state index is 1.01. The lowest BCUT2D eigenvalue weighted by Gasteiger charge is -2.22. The fourth-order valence-corrected chi connectivity index (χ4v) is 3.09. The van der Waals surface area contributed by atoms with Crippen molar-refractivity contribution in [2.75, 3.05) is 29.9 Å². The molecule has 0 saturated carbocycles. The number of guanidine groups is 1. The summed E-state index contributed by atoms with van der Waals surface area (Å²) in [6.45, 7) is 5.48. The van der Waals surface area contributed by atoms with E-state index < -0.39 is 0 Å². The number of nitrogens with zero attached hydrogens (tertiary/aromatic N) is 3. The van der Waals surface area contributed by atoms with E-state index in [-0.39, 0.29) is 0 Å². The molecular formula is C20H27N4+. The Hall–Kier alpha value is -2.36. The molecule has 24 heavy (non-hydrogen) atoms. The van der Waals surface area contributed by atoms with E-state index in [4.69, 9.17) is 0 Å². The lowest BCUT2D eigenvalue weighted by atomic mass is 10.2. The summed E-state index contributed by atoms with van der Waals surface area (Å²) in [6.07, 6.45) is 8.61. The van der Waals surface area contributed by atoms with Gasteiger partial charge in [-0.3, -0.25) is 9.56 Å². The predicted octanol–water partition coefficient (Wildman–Crippen LogP) is 3.96. The molecule has 126 valence electrons. The van der Waals surface area contributed by atoms with Gasteiger partial charge in [-0.05, 0) is 43.5 Å². The summed E-state index contributed by atoms with van der Waals surface area (Å²) in [7, 11) is 0. The van der Waals surface area contributed by atoms with Gasteiger partial charge in [0.05, 0.1) is 25.3 Å². The lowest BCUT2D eigenvalue weighted by Crippen LogP contribution is -2.43. The van der Waals surface area contributed by atoms with E-state index >= 15 is 0 Å². The number of hydrogen-bond acceptors (Lipinski definition) is 1. The third-order valence-corrected chi connectivity index (χ3v) is 4.40. The van der Waals surface area contributed by atoms with Gasteiger partial charge in [0.2, 0.25) is 0 Å². The van der Waals surface area contributed by atoms with Crippen molar-refractivity contribution >= 4 is 17.3 Å². The van der Waals surface area contributed by atoms with Crippen LogP contribution < -0.4 is 10.2 Å². The van der Waals surface area contributed by atoms with Gasteiger partial charge in [0.1, 0.15) is 5.69 Å². The molecule has 1 aromatic carbocycles. The van der Waals surface area contributed by atoms with E-state index in [2.05, 4.69) is 69.2 Å². The minimum atomic E-state index is 1.01. The normalized spacial score (nSPS) is 13.8. The molecule has 0 unspecified atom stereocenters. The third kappa shape index (κ3) is 4.13. The van der Waals surface area contributed by atoms with Crippen molar-refractivity contribution in [3.63, 3.8) is 0 Å². The Balaban J connectivity index is 1.96. The van der Waals surface area contributed by atoms with Gasteiger partial charge >= 0.3 is 5.96 Å². The summed E-state index contributed by atoms with van der Waals surface area (Å²) in [5.74, 6) is 1.19. The van der Waals surface area contributed by atoms with E-state index in [9.17, 15) is 0 Å². The topological polar surface area (TPSA) is 31.2 Å². The highest BCUT2D eigenvalue weighted by atomic mass is 15.3. The average molecular weight is 323 g/mol. The lowest BCUT2D eigenvalue weighted by molar-refractivity contribution is -0.507. The second-order valence-electron chi connectivity index (χ2n) is 6.22. The largest absolute Gasteiger partial charge is 0.358 e. The Morgan fingerprint density at radius 3 is 2.46 bits per heavy atom. The zero-order valence-electron chi connectivity index (χ0n) is 14.5. The Kier molecular flexibility index (Phi) is 5.83. The molecule has 4 heteroatoms. The Labute approximate surface area is 144 Å². The number of para-hydroxylation sites is 1. The molecule has 0 aliphatic carbocycles. The van der Waals surface area contributed by atoms with Crippen LogP contribution in [0.5, 0.6) is 0 Å². The summed E-state index contributed by atoms with van der Waals surface area (Å²) >= 11 is 0. The number of nitrogens with one attached hydrogen (secondary N) is 1. The van der Waals surface area contributed by atoms with Crippen LogP contribution >= 0.6 is 0 Å². The van der Waals surface area contributed by atoms with Crippen LogP contribution in [-0.4, -0.2) is 35.2 Å². The second-order valence-corrected chi connectivity index (χ2v) is 6.22. The molecule has 0 atom stereocenters. The minimum Gasteiger partial charge on any atom is -0.264 e. The quantitative estimate of drug-likeness (QED) is 0.667. The van der Waals surface area contributed by atoms with Gasteiger partial charge in [-0.15, -0.1) is 0 Å². The first-order chi connectivity index (χ1) is 11.9. The predicted molar refractivity (Wildman–Crippen MR) is 101 cm³/mol.